The molecule has 5 rings (SSSR count). The van der Waals surface area contributed by atoms with Crippen molar-refractivity contribution < 1.29 is 19.1 Å². The first kappa shape index (κ1) is 22.8. The Hall–Kier alpha value is -4.98. The fourth-order valence-corrected chi connectivity index (χ4v) is 3.90. The highest BCUT2D eigenvalue weighted by Crippen LogP contribution is 2.28. The molecule has 0 spiro atoms. The van der Waals surface area contributed by atoms with Gasteiger partial charge in [0.05, 0.1) is 36.7 Å². The number of ether oxygens (including phenoxy) is 2. The molecule has 2 aromatic heterocycles. The van der Waals surface area contributed by atoms with Crippen molar-refractivity contribution in [2.45, 2.75) is 0 Å². The topological polar surface area (TPSA) is 110 Å². The molecule has 0 aliphatic rings. The van der Waals surface area contributed by atoms with Gasteiger partial charge in [-0.2, -0.15) is 0 Å². The highest BCUT2D eigenvalue weighted by atomic mass is 16.5. The Morgan fingerprint density at radius 1 is 0.611 bits per heavy atom. The number of H-pyrrole nitrogens is 2. The lowest BCUT2D eigenvalue weighted by Crippen LogP contribution is -2.00. The monoisotopic (exact) mass is 478 g/mol. The zero-order chi connectivity index (χ0) is 25.1. The molecule has 3 aromatic carbocycles. The molecule has 0 bridgehead atoms. The molecule has 36 heavy (non-hydrogen) atoms. The lowest BCUT2D eigenvalue weighted by atomic mass is 10.1. The summed E-state index contributed by atoms with van der Waals surface area (Å²) in [5.41, 5.74) is 5.74. The van der Waals surface area contributed by atoms with Crippen LogP contribution in [0.4, 0.5) is 0 Å². The molecule has 0 saturated heterocycles. The second kappa shape index (κ2) is 9.71. The number of carbonyl (C=O) groups is 2. The van der Waals surface area contributed by atoms with Crippen LogP contribution in [0.5, 0.6) is 0 Å². The van der Waals surface area contributed by atoms with Gasteiger partial charge >= 0.3 is 11.9 Å². The Bertz CT molecular complexity index is 1450. The predicted octanol–water partition coefficient (Wildman–Crippen LogP) is 5.37. The molecule has 0 unspecified atom stereocenters. The van der Waals surface area contributed by atoms with Crippen LogP contribution in [0.15, 0.2) is 85.2 Å². The summed E-state index contributed by atoms with van der Waals surface area (Å²) in [6.07, 6.45) is 3.61. The molecule has 0 fully saturated rings. The van der Waals surface area contributed by atoms with E-state index in [1.807, 2.05) is 36.4 Å². The number of hydrogen-bond donors (Lipinski definition) is 2. The molecule has 5 aromatic rings. The fourth-order valence-electron chi connectivity index (χ4n) is 3.90. The molecular formula is C28H22N4O4. The highest BCUT2D eigenvalue weighted by Gasteiger charge is 2.13. The van der Waals surface area contributed by atoms with Crippen molar-refractivity contribution in [1.29, 1.82) is 0 Å². The Labute approximate surface area is 207 Å². The summed E-state index contributed by atoms with van der Waals surface area (Å²) in [6, 6.07) is 22.1. The van der Waals surface area contributed by atoms with Gasteiger partial charge in [-0.1, -0.05) is 42.5 Å². The molecule has 2 N–H and O–H groups in total. The fraction of sp³-hybridized carbons (Fsp3) is 0.0714. The van der Waals surface area contributed by atoms with E-state index in [4.69, 9.17) is 19.4 Å². The van der Waals surface area contributed by atoms with Gasteiger partial charge in [-0.3, -0.25) is 0 Å². The van der Waals surface area contributed by atoms with E-state index >= 15 is 0 Å². The number of nitrogens with one attached hydrogen (secondary N) is 2. The predicted molar refractivity (Wildman–Crippen MR) is 135 cm³/mol. The van der Waals surface area contributed by atoms with E-state index in [-0.39, 0.29) is 0 Å². The highest BCUT2D eigenvalue weighted by molar-refractivity contribution is 5.91. The quantitative estimate of drug-likeness (QED) is 0.317. The number of aromatic nitrogens is 4. The Morgan fingerprint density at radius 2 is 1.03 bits per heavy atom. The molecule has 0 atom stereocenters. The molecule has 0 radical (unpaired) electrons. The number of methoxy groups -OCH3 is 2. The maximum absolute atomic E-state index is 11.9. The largest absolute Gasteiger partial charge is 0.465 e. The van der Waals surface area contributed by atoms with E-state index in [1.165, 1.54) is 14.2 Å². The van der Waals surface area contributed by atoms with Gasteiger partial charge in [0, 0.05) is 34.6 Å². The molecule has 0 aliphatic heterocycles. The minimum absolute atomic E-state index is 0.393. The van der Waals surface area contributed by atoms with E-state index in [0.717, 1.165) is 22.3 Å². The van der Waals surface area contributed by atoms with E-state index in [0.29, 0.717) is 34.2 Å². The first-order valence-electron chi connectivity index (χ1n) is 11.1. The van der Waals surface area contributed by atoms with Crippen molar-refractivity contribution in [3.05, 3.63) is 96.3 Å². The summed E-state index contributed by atoms with van der Waals surface area (Å²) in [7, 11) is 2.71. The molecule has 0 aliphatic carbocycles. The summed E-state index contributed by atoms with van der Waals surface area (Å²) >= 11 is 0. The maximum atomic E-state index is 11.9. The van der Waals surface area contributed by atoms with Gasteiger partial charge in [0.2, 0.25) is 0 Å². The number of nitrogens with zero attached hydrogens (tertiary/aromatic N) is 2. The number of imidazole rings is 2. The van der Waals surface area contributed by atoms with Crippen molar-refractivity contribution in [3.63, 3.8) is 0 Å². The summed E-state index contributed by atoms with van der Waals surface area (Å²) in [6.45, 7) is 0. The number of hydrogen-bond acceptors (Lipinski definition) is 6. The van der Waals surface area contributed by atoms with Crippen molar-refractivity contribution in [1.82, 2.24) is 19.9 Å². The first-order valence-corrected chi connectivity index (χ1v) is 11.1. The van der Waals surface area contributed by atoms with E-state index in [2.05, 4.69) is 9.97 Å². The number of rotatable bonds is 6. The number of carbonyl (C=O) groups excluding carboxylic acids is 2. The minimum atomic E-state index is -0.393. The molecule has 178 valence electrons. The van der Waals surface area contributed by atoms with E-state index in [1.54, 1.807) is 48.8 Å². The van der Waals surface area contributed by atoms with Crippen LogP contribution in [-0.4, -0.2) is 46.1 Å². The average molecular weight is 479 g/mol. The van der Waals surface area contributed by atoms with Crippen molar-refractivity contribution >= 4 is 11.9 Å². The van der Waals surface area contributed by atoms with Crippen LogP contribution in [0.1, 0.15) is 20.7 Å². The van der Waals surface area contributed by atoms with Gasteiger partial charge < -0.3 is 19.4 Å². The van der Waals surface area contributed by atoms with Crippen LogP contribution >= 0.6 is 0 Å². The third kappa shape index (κ3) is 4.52. The van der Waals surface area contributed by atoms with Gasteiger partial charge in [0.25, 0.3) is 0 Å². The Morgan fingerprint density at radius 3 is 1.47 bits per heavy atom. The van der Waals surface area contributed by atoms with Crippen LogP contribution in [-0.2, 0) is 9.47 Å². The minimum Gasteiger partial charge on any atom is -0.465 e. The van der Waals surface area contributed by atoms with E-state index < -0.39 is 11.9 Å². The molecule has 0 amide bonds. The number of benzene rings is 3. The lowest BCUT2D eigenvalue weighted by Gasteiger charge is -2.03. The number of esters is 2. The van der Waals surface area contributed by atoms with Crippen LogP contribution in [0, 0.1) is 0 Å². The standard InChI is InChI=1S/C28H22N4O4/c1-35-27(33)21-10-3-6-17(12-21)23-15-29-25(31-23)19-8-5-9-20(14-19)26-30-16-24(32-26)18-7-4-11-22(13-18)28(34)36-2/h3-16H,1-2H3,(H,29,31)(H,30,32). The third-order valence-electron chi connectivity index (χ3n) is 5.72. The summed E-state index contributed by atoms with van der Waals surface area (Å²) in [5.74, 6) is 0.589. The number of aromatic amines is 2. The second-order valence-corrected chi connectivity index (χ2v) is 7.99. The van der Waals surface area contributed by atoms with Crippen molar-refractivity contribution in [3.8, 4) is 45.3 Å². The molecule has 8 heteroatoms. The third-order valence-corrected chi connectivity index (χ3v) is 5.72. The molecular weight excluding hydrogens is 456 g/mol. The van der Waals surface area contributed by atoms with Crippen LogP contribution < -0.4 is 0 Å². The summed E-state index contributed by atoms with van der Waals surface area (Å²) in [4.78, 5) is 39.6. The van der Waals surface area contributed by atoms with Gasteiger partial charge in [-0.25, -0.2) is 19.6 Å². The Kier molecular flexibility index (Phi) is 6.15. The zero-order valence-corrected chi connectivity index (χ0v) is 19.6. The van der Waals surface area contributed by atoms with E-state index in [9.17, 15) is 9.59 Å². The van der Waals surface area contributed by atoms with Gasteiger partial charge in [0.15, 0.2) is 0 Å². The van der Waals surface area contributed by atoms with Crippen LogP contribution in [0.2, 0.25) is 0 Å². The average Bonchev–Trinajstić information content (AvgIpc) is 3.63. The molecule has 8 nitrogen and oxygen atoms in total. The lowest BCUT2D eigenvalue weighted by molar-refractivity contribution is 0.0592. The molecule has 0 saturated carbocycles. The van der Waals surface area contributed by atoms with Gasteiger partial charge in [0.1, 0.15) is 11.6 Å². The Balaban J connectivity index is 1.41. The van der Waals surface area contributed by atoms with Gasteiger partial charge in [-0.15, -0.1) is 0 Å². The second-order valence-electron chi connectivity index (χ2n) is 7.99. The van der Waals surface area contributed by atoms with Crippen molar-refractivity contribution in [2.75, 3.05) is 14.2 Å². The van der Waals surface area contributed by atoms with Crippen LogP contribution in [0.25, 0.3) is 45.3 Å². The maximum Gasteiger partial charge on any atom is 0.337 e. The smallest absolute Gasteiger partial charge is 0.337 e. The zero-order valence-electron chi connectivity index (χ0n) is 19.6. The summed E-state index contributed by atoms with van der Waals surface area (Å²) in [5, 5.41) is 0. The molecule has 2 heterocycles. The van der Waals surface area contributed by atoms with Crippen molar-refractivity contribution in [2.24, 2.45) is 0 Å². The SMILES string of the molecule is COC(=O)c1cccc(-c2c[nH]c(-c3cccc(-c4nc(-c5cccc(C(=O)OC)c5)c[nH]4)c3)n2)c1. The first-order chi connectivity index (χ1) is 17.6. The summed E-state index contributed by atoms with van der Waals surface area (Å²) < 4.78 is 9.62. The normalized spacial score (nSPS) is 10.7. The van der Waals surface area contributed by atoms with Gasteiger partial charge in [-0.05, 0) is 30.3 Å². The van der Waals surface area contributed by atoms with Crippen LogP contribution in [0.3, 0.4) is 0 Å².